The number of carbonyl (C=O) groups excluding carboxylic acids is 1. The first kappa shape index (κ1) is 43.1. The van der Waals surface area contributed by atoms with Crippen LogP contribution in [-0.4, -0.2) is 34.9 Å². The largest absolute Gasteiger partial charge is 0.394 e. The van der Waals surface area contributed by atoms with E-state index >= 15 is 0 Å². The first-order valence-corrected chi connectivity index (χ1v) is 19.9. The number of allylic oxidation sites excluding steroid dienone is 2. The number of aliphatic hydroxyl groups excluding tert-OH is 2. The summed E-state index contributed by atoms with van der Waals surface area (Å²) in [6.45, 7) is 4.28. The molecule has 4 nitrogen and oxygen atoms in total. The summed E-state index contributed by atoms with van der Waals surface area (Å²) >= 11 is 0. The van der Waals surface area contributed by atoms with Crippen LogP contribution in [0, 0.1) is 0 Å². The molecule has 262 valence electrons. The Kier molecular flexibility index (Phi) is 35.9. The van der Waals surface area contributed by atoms with E-state index in [1.165, 1.54) is 167 Å². The van der Waals surface area contributed by atoms with Gasteiger partial charge < -0.3 is 15.5 Å². The van der Waals surface area contributed by atoms with Gasteiger partial charge in [0.25, 0.3) is 0 Å². The lowest BCUT2D eigenvalue weighted by Gasteiger charge is -2.22. The molecule has 0 aromatic rings. The van der Waals surface area contributed by atoms with Gasteiger partial charge in [-0.25, -0.2) is 0 Å². The molecule has 0 aliphatic heterocycles. The average Bonchev–Trinajstić information content (AvgIpc) is 3.03. The third-order valence-electron chi connectivity index (χ3n) is 9.28. The number of aliphatic hydroxyl groups is 2. The third kappa shape index (κ3) is 32.5. The van der Waals surface area contributed by atoms with E-state index in [0.717, 1.165) is 25.7 Å². The second kappa shape index (κ2) is 36.6. The zero-order chi connectivity index (χ0) is 32.2. The number of hydrogen-bond acceptors (Lipinski definition) is 3. The summed E-state index contributed by atoms with van der Waals surface area (Å²) in [6.07, 6.45) is 44.6. The van der Waals surface area contributed by atoms with Gasteiger partial charge in [-0.15, -0.1) is 0 Å². The van der Waals surface area contributed by atoms with Crippen LogP contribution in [0.25, 0.3) is 0 Å². The Hall–Kier alpha value is -0.870. The second-order valence-electron chi connectivity index (χ2n) is 13.7. The molecule has 0 aliphatic rings. The van der Waals surface area contributed by atoms with E-state index in [-0.39, 0.29) is 12.5 Å². The lowest BCUT2D eigenvalue weighted by molar-refractivity contribution is -0.123. The molecule has 1 amide bonds. The van der Waals surface area contributed by atoms with Gasteiger partial charge in [-0.1, -0.05) is 187 Å². The van der Waals surface area contributed by atoms with Crippen molar-refractivity contribution in [1.29, 1.82) is 0 Å². The third-order valence-corrected chi connectivity index (χ3v) is 9.28. The fraction of sp³-hybridized carbons (Fsp3) is 0.925. The van der Waals surface area contributed by atoms with E-state index in [0.29, 0.717) is 12.8 Å². The molecule has 3 N–H and O–H groups in total. The first-order valence-electron chi connectivity index (χ1n) is 19.9. The molecule has 0 fully saturated rings. The Balaban J connectivity index is 3.35. The highest BCUT2D eigenvalue weighted by molar-refractivity contribution is 5.76. The number of unbranched alkanes of at least 4 members (excludes halogenated alkanes) is 27. The van der Waals surface area contributed by atoms with Crippen LogP contribution in [0.2, 0.25) is 0 Å². The summed E-state index contributed by atoms with van der Waals surface area (Å²) in [7, 11) is 0. The van der Waals surface area contributed by atoms with Gasteiger partial charge in [0.1, 0.15) is 0 Å². The molecule has 0 bridgehead atoms. The molecule has 0 saturated heterocycles. The van der Waals surface area contributed by atoms with Crippen LogP contribution in [-0.2, 0) is 4.79 Å². The van der Waals surface area contributed by atoms with Gasteiger partial charge in [-0.05, 0) is 38.5 Å². The van der Waals surface area contributed by atoms with Crippen molar-refractivity contribution >= 4 is 5.91 Å². The minimum absolute atomic E-state index is 0.0363. The lowest BCUT2D eigenvalue weighted by Crippen LogP contribution is -2.45. The van der Waals surface area contributed by atoms with E-state index in [2.05, 4.69) is 31.3 Å². The van der Waals surface area contributed by atoms with Crippen molar-refractivity contribution in [3.05, 3.63) is 12.2 Å². The maximum atomic E-state index is 12.2. The first-order chi connectivity index (χ1) is 21.7. The minimum Gasteiger partial charge on any atom is -0.394 e. The van der Waals surface area contributed by atoms with Crippen LogP contribution >= 0.6 is 0 Å². The van der Waals surface area contributed by atoms with Crippen LogP contribution < -0.4 is 5.32 Å². The molecule has 2 unspecified atom stereocenters. The molecule has 0 rings (SSSR count). The van der Waals surface area contributed by atoms with Crippen LogP contribution in [0.5, 0.6) is 0 Å². The molecule has 4 heteroatoms. The summed E-state index contributed by atoms with van der Waals surface area (Å²) in [5.41, 5.74) is 0. The zero-order valence-corrected chi connectivity index (χ0v) is 29.9. The van der Waals surface area contributed by atoms with Crippen molar-refractivity contribution in [2.75, 3.05) is 6.61 Å². The van der Waals surface area contributed by atoms with Crippen molar-refractivity contribution in [1.82, 2.24) is 5.32 Å². The normalized spacial score (nSPS) is 13.1. The Morgan fingerprint density at radius 3 is 1.25 bits per heavy atom. The maximum Gasteiger partial charge on any atom is 0.220 e. The Bertz CT molecular complexity index is 593. The van der Waals surface area contributed by atoms with Crippen LogP contribution in [0.4, 0.5) is 0 Å². The van der Waals surface area contributed by atoms with Gasteiger partial charge in [-0.3, -0.25) is 4.79 Å². The maximum absolute atomic E-state index is 12.2. The molecule has 0 aromatic carbocycles. The molecule has 0 radical (unpaired) electrons. The zero-order valence-electron chi connectivity index (χ0n) is 29.9. The SMILES string of the molecule is CCCCCCCCCC/C=C\CCCCCCCCCCCCCCCCCC(=O)NC(CO)C(O)CCCCCCC. The van der Waals surface area contributed by atoms with Gasteiger partial charge in [0.2, 0.25) is 5.91 Å². The second-order valence-corrected chi connectivity index (χ2v) is 13.7. The molecular formula is C40H79NO3. The Labute approximate surface area is 276 Å². The summed E-state index contributed by atoms with van der Waals surface area (Å²) < 4.78 is 0. The van der Waals surface area contributed by atoms with E-state index in [1.54, 1.807) is 0 Å². The van der Waals surface area contributed by atoms with Crippen LogP contribution in [0.3, 0.4) is 0 Å². The van der Waals surface area contributed by atoms with E-state index < -0.39 is 12.1 Å². The fourth-order valence-corrected chi connectivity index (χ4v) is 6.18. The lowest BCUT2D eigenvalue weighted by atomic mass is 10.0. The highest BCUT2D eigenvalue weighted by Gasteiger charge is 2.19. The molecule has 0 aliphatic carbocycles. The molecular weight excluding hydrogens is 542 g/mol. The molecule has 0 saturated carbocycles. The van der Waals surface area contributed by atoms with Crippen LogP contribution in [0.1, 0.15) is 219 Å². The van der Waals surface area contributed by atoms with Crippen molar-refractivity contribution < 1.29 is 15.0 Å². The summed E-state index contributed by atoms with van der Waals surface area (Å²) in [5.74, 6) is -0.0363. The molecule has 0 spiro atoms. The molecule has 2 atom stereocenters. The number of nitrogens with one attached hydrogen (secondary N) is 1. The van der Waals surface area contributed by atoms with Gasteiger partial charge in [0.15, 0.2) is 0 Å². The van der Waals surface area contributed by atoms with Gasteiger partial charge in [-0.2, -0.15) is 0 Å². The Morgan fingerprint density at radius 1 is 0.523 bits per heavy atom. The van der Waals surface area contributed by atoms with Gasteiger partial charge >= 0.3 is 0 Å². The molecule has 0 heterocycles. The quantitative estimate of drug-likeness (QED) is 0.0481. The summed E-state index contributed by atoms with van der Waals surface area (Å²) in [5, 5.41) is 22.7. The predicted octanol–water partition coefficient (Wildman–Crippen LogP) is 11.9. The smallest absolute Gasteiger partial charge is 0.220 e. The monoisotopic (exact) mass is 622 g/mol. The Morgan fingerprint density at radius 2 is 0.864 bits per heavy atom. The predicted molar refractivity (Wildman–Crippen MR) is 193 cm³/mol. The summed E-state index contributed by atoms with van der Waals surface area (Å²) in [6, 6.07) is -0.528. The number of amides is 1. The van der Waals surface area contributed by atoms with Crippen molar-refractivity contribution in [3.8, 4) is 0 Å². The van der Waals surface area contributed by atoms with Crippen LogP contribution in [0.15, 0.2) is 12.2 Å². The highest BCUT2D eigenvalue weighted by Crippen LogP contribution is 2.15. The topological polar surface area (TPSA) is 69.6 Å². The molecule has 0 aromatic heterocycles. The highest BCUT2D eigenvalue weighted by atomic mass is 16.3. The van der Waals surface area contributed by atoms with Crippen molar-refractivity contribution in [2.45, 2.75) is 231 Å². The average molecular weight is 622 g/mol. The molecule has 44 heavy (non-hydrogen) atoms. The fourth-order valence-electron chi connectivity index (χ4n) is 6.18. The minimum atomic E-state index is -0.651. The van der Waals surface area contributed by atoms with Gasteiger partial charge in [0, 0.05) is 6.42 Å². The van der Waals surface area contributed by atoms with E-state index in [9.17, 15) is 15.0 Å². The van der Waals surface area contributed by atoms with E-state index in [1.807, 2.05) is 0 Å². The van der Waals surface area contributed by atoms with Gasteiger partial charge in [0.05, 0.1) is 18.8 Å². The number of carbonyl (C=O) groups is 1. The van der Waals surface area contributed by atoms with E-state index in [4.69, 9.17) is 0 Å². The standard InChI is InChI=1S/C40H79NO3/c1-3-5-7-9-10-11-12-13-14-15-16-17-18-19-20-21-22-23-24-25-26-27-28-29-30-32-34-36-40(44)41-38(37-42)39(43)35-33-31-8-6-4-2/h15-16,38-39,42-43H,3-14,17-37H2,1-2H3,(H,41,44)/b16-15-. The number of hydrogen-bond donors (Lipinski definition) is 3. The summed E-state index contributed by atoms with van der Waals surface area (Å²) in [4.78, 5) is 12.2. The van der Waals surface area contributed by atoms with Crippen molar-refractivity contribution in [3.63, 3.8) is 0 Å². The number of rotatable bonds is 36. The van der Waals surface area contributed by atoms with Crippen molar-refractivity contribution in [2.24, 2.45) is 0 Å².